The highest BCUT2D eigenvalue weighted by Crippen LogP contribution is 2.53. The molecule has 0 aromatic carbocycles. The Hall–Kier alpha value is -0.200. The number of hydrogen-bond acceptors (Lipinski definition) is 3. The van der Waals surface area contributed by atoms with Crippen LogP contribution in [0.3, 0.4) is 0 Å². The lowest BCUT2D eigenvalue weighted by Gasteiger charge is -2.30. The fraction of sp³-hybridized carbons (Fsp3) is 1.00. The van der Waals surface area contributed by atoms with Gasteiger partial charge in [0.05, 0.1) is 13.2 Å². The fourth-order valence-electron chi connectivity index (χ4n) is 3.47. The zero-order valence-corrected chi connectivity index (χ0v) is 15.0. The van der Waals surface area contributed by atoms with E-state index in [-0.39, 0.29) is 13.2 Å². The third-order valence-corrected chi connectivity index (χ3v) is 6.81. The van der Waals surface area contributed by atoms with E-state index >= 15 is 0 Å². The van der Waals surface area contributed by atoms with Crippen molar-refractivity contribution in [1.82, 2.24) is 0 Å². The molecule has 4 unspecified atom stereocenters. The third kappa shape index (κ3) is 7.14. The summed E-state index contributed by atoms with van der Waals surface area (Å²) in [6.45, 7) is -0.726. The summed E-state index contributed by atoms with van der Waals surface area (Å²) in [4.78, 5) is 0. The van der Waals surface area contributed by atoms with E-state index in [1.165, 1.54) is 0 Å². The van der Waals surface area contributed by atoms with Crippen LogP contribution in [-0.2, 0) is 13.6 Å². The highest BCUT2D eigenvalue weighted by atomic mass is 31.2. The van der Waals surface area contributed by atoms with Crippen molar-refractivity contribution in [2.24, 2.45) is 11.8 Å². The van der Waals surface area contributed by atoms with E-state index in [1.54, 1.807) is 0 Å². The average Bonchev–Trinajstić information content (AvgIpc) is 2.52. The molecule has 25 heavy (non-hydrogen) atoms. The van der Waals surface area contributed by atoms with E-state index in [4.69, 9.17) is 9.05 Å². The van der Waals surface area contributed by atoms with E-state index in [2.05, 4.69) is 0 Å². The van der Waals surface area contributed by atoms with Crippen LogP contribution in [0.5, 0.6) is 0 Å². The second kappa shape index (κ2) is 9.14. The number of hydrogen-bond donors (Lipinski definition) is 0. The van der Waals surface area contributed by atoms with E-state index in [1.807, 2.05) is 0 Å². The van der Waals surface area contributed by atoms with E-state index in [9.17, 15) is 26.5 Å². The van der Waals surface area contributed by atoms with Gasteiger partial charge in [0, 0.05) is 11.8 Å². The van der Waals surface area contributed by atoms with Crippen LogP contribution >= 0.6 is 7.60 Å². The maximum Gasteiger partial charge on any atom is 0.400 e. The lowest BCUT2D eigenvalue weighted by Crippen LogP contribution is -2.28. The molecule has 2 fully saturated rings. The molecule has 2 aliphatic carbocycles. The van der Waals surface area contributed by atoms with E-state index in [0.717, 1.165) is 25.7 Å². The number of halogens is 5. The highest BCUT2D eigenvalue weighted by molar-refractivity contribution is 7.53. The first-order valence-electron chi connectivity index (χ1n) is 8.91. The SMILES string of the molecule is O=P(CC(F)(F)F)(OCC1CCCCC1F)OCC1CCCCC1F. The quantitative estimate of drug-likeness (QED) is 0.404. The Balaban J connectivity index is 1.93. The zero-order chi connectivity index (χ0) is 18.5. The minimum Gasteiger partial charge on any atom is -0.308 e. The molecule has 0 aliphatic heterocycles. The van der Waals surface area contributed by atoms with Crippen LogP contribution in [0.25, 0.3) is 0 Å². The average molecular weight is 392 g/mol. The van der Waals surface area contributed by atoms with Crippen LogP contribution in [0, 0.1) is 11.8 Å². The molecule has 0 saturated heterocycles. The minimum atomic E-state index is -4.74. The van der Waals surface area contributed by atoms with Crippen LogP contribution in [0.4, 0.5) is 22.0 Å². The van der Waals surface area contributed by atoms with Crippen molar-refractivity contribution < 1.29 is 35.6 Å². The molecule has 2 saturated carbocycles. The van der Waals surface area contributed by atoms with Crippen LogP contribution in [0.15, 0.2) is 0 Å². The van der Waals surface area contributed by atoms with Gasteiger partial charge in [-0.15, -0.1) is 0 Å². The first-order chi connectivity index (χ1) is 11.7. The predicted octanol–water partition coefficient (Wildman–Crippen LogP) is 5.83. The summed E-state index contributed by atoms with van der Waals surface area (Å²) in [7, 11) is -4.49. The van der Waals surface area contributed by atoms with Crippen molar-refractivity contribution in [3.8, 4) is 0 Å². The number of alkyl halides is 5. The topological polar surface area (TPSA) is 35.5 Å². The van der Waals surface area contributed by atoms with Gasteiger partial charge in [0.2, 0.25) is 0 Å². The summed E-state index contributed by atoms with van der Waals surface area (Å²) in [5.41, 5.74) is 0. The molecule has 0 amide bonds. The lowest BCUT2D eigenvalue weighted by atomic mass is 9.88. The van der Waals surface area contributed by atoms with Gasteiger partial charge < -0.3 is 9.05 Å². The van der Waals surface area contributed by atoms with Crippen molar-refractivity contribution in [1.29, 1.82) is 0 Å². The molecule has 148 valence electrons. The fourth-order valence-corrected chi connectivity index (χ4v) is 5.00. The van der Waals surface area contributed by atoms with Gasteiger partial charge in [-0.1, -0.05) is 25.7 Å². The van der Waals surface area contributed by atoms with Crippen molar-refractivity contribution in [3.63, 3.8) is 0 Å². The molecular formula is C16H26F5O3P. The predicted molar refractivity (Wildman–Crippen MR) is 84.1 cm³/mol. The molecule has 2 rings (SSSR count). The molecule has 3 nitrogen and oxygen atoms in total. The van der Waals surface area contributed by atoms with Gasteiger partial charge in [0.1, 0.15) is 18.5 Å². The molecule has 0 radical (unpaired) electrons. The van der Waals surface area contributed by atoms with Gasteiger partial charge in [0.15, 0.2) is 0 Å². The van der Waals surface area contributed by atoms with Gasteiger partial charge in [0.25, 0.3) is 0 Å². The van der Waals surface area contributed by atoms with Crippen molar-refractivity contribution >= 4 is 7.60 Å². The Bertz CT molecular complexity index is 430. The van der Waals surface area contributed by atoms with Gasteiger partial charge >= 0.3 is 13.8 Å². The van der Waals surface area contributed by atoms with E-state index < -0.39 is 44.1 Å². The van der Waals surface area contributed by atoms with Gasteiger partial charge in [-0.3, -0.25) is 4.57 Å². The summed E-state index contributed by atoms with van der Waals surface area (Å²) in [5.74, 6) is -1.13. The van der Waals surface area contributed by atoms with Crippen molar-refractivity contribution in [3.05, 3.63) is 0 Å². The summed E-state index contributed by atoms with van der Waals surface area (Å²) in [5, 5.41) is 0. The Morgan fingerprint density at radius 3 is 1.56 bits per heavy atom. The Kier molecular flexibility index (Phi) is 7.71. The first-order valence-corrected chi connectivity index (χ1v) is 10.6. The molecule has 0 aromatic heterocycles. The molecule has 0 aromatic rings. The molecule has 4 atom stereocenters. The monoisotopic (exact) mass is 392 g/mol. The van der Waals surface area contributed by atoms with Crippen LogP contribution in [0.1, 0.15) is 51.4 Å². The summed E-state index contributed by atoms with van der Waals surface area (Å²) >= 11 is 0. The second-order valence-electron chi connectivity index (χ2n) is 7.10. The van der Waals surface area contributed by atoms with Crippen molar-refractivity contribution in [2.75, 3.05) is 19.4 Å². The van der Waals surface area contributed by atoms with Crippen LogP contribution in [0.2, 0.25) is 0 Å². The first kappa shape index (κ1) is 21.1. The molecular weight excluding hydrogens is 366 g/mol. The molecule has 0 bridgehead atoms. The largest absolute Gasteiger partial charge is 0.400 e. The molecule has 0 spiro atoms. The third-order valence-electron chi connectivity index (χ3n) is 4.98. The zero-order valence-electron chi connectivity index (χ0n) is 14.1. The van der Waals surface area contributed by atoms with Gasteiger partial charge in [-0.25, -0.2) is 8.78 Å². The number of rotatable bonds is 7. The molecule has 0 N–H and O–H groups in total. The maximum absolute atomic E-state index is 13.8. The maximum atomic E-state index is 13.8. The molecule has 0 heterocycles. The smallest absolute Gasteiger partial charge is 0.308 e. The Morgan fingerprint density at radius 2 is 1.20 bits per heavy atom. The molecule has 2 aliphatic rings. The van der Waals surface area contributed by atoms with Gasteiger partial charge in [-0.2, -0.15) is 13.2 Å². The van der Waals surface area contributed by atoms with Crippen molar-refractivity contribution in [2.45, 2.75) is 69.9 Å². The summed E-state index contributed by atoms with van der Waals surface area (Å²) < 4.78 is 88.4. The highest BCUT2D eigenvalue weighted by Gasteiger charge is 2.43. The summed E-state index contributed by atoms with van der Waals surface area (Å²) in [6, 6.07) is 0. The molecule has 9 heteroatoms. The van der Waals surface area contributed by atoms with Gasteiger partial charge in [-0.05, 0) is 25.7 Å². The van der Waals surface area contributed by atoms with Crippen LogP contribution in [-0.4, -0.2) is 37.9 Å². The minimum absolute atomic E-state index is 0.337. The second-order valence-corrected chi connectivity index (χ2v) is 9.15. The van der Waals surface area contributed by atoms with Crippen LogP contribution < -0.4 is 0 Å². The Morgan fingerprint density at radius 1 is 0.800 bits per heavy atom. The Labute approximate surface area is 145 Å². The normalized spacial score (nSPS) is 33.8. The van der Waals surface area contributed by atoms with E-state index in [0.29, 0.717) is 25.7 Å². The summed E-state index contributed by atoms with van der Waals surface area (Å²) in [6.07, 6.45) is -4.15. The standard InChI is InChI=1S/C16H26F5O3P/c17-14-7-3-1-5-12(14)9-23-25(22,11-16(19,20)21)24-10-13-6-2-4-8-15(13)18/h12-15H,1-11H2. The lowest BCUT2D eigenvalue weighted by molar-refractivity contribution is -0.110.